The topological polar surface area (TPSA) is 36.1 Å². The predicted molar refractivity (Wildman–Crippen MR) is 69.1 cm³/mol. The number of hydrogen-bond donors (Lipinski definition) is 1. The number of carbonyl (C=O) groups is 1. The van der Waals surface area contributed by atoms with Crippen LogP contribution >= 0.6 is 0 Å². The van der Waals surface area contributed by atoms with Gasteiger partial charge in [-0.2, -0.15) is 0 Å². The van der Waals surface area contributed by atoms with Crippen molar-refractivity contribution in [2.45, 2.75) is 51.0 Å². The van der Waals surface area contributed by atoms with Crippen LogP contribution in [-0.4, -0.2) is 22.3 Å². The molecular weight excluding hydrogens is 224 g/mol. The Morgan fingerprint density at radius 1 is 1.33 bits per heavy atom. The third-order valence-electron chi connectivity index (χ3n) is 5.68. The molecular formula is C15H20N2O. The zero-order chi connectivity index (χ0) is 12.4. The molecule has 1 amide bonds. The SMILES string of the molecule is C[C@@]12CCCC[C@]13c1cc[nH]c1CCN3C(=O)C2. The van der Waals surface area contributed by atoms with Crippen molar-refractivity contribution in [3.8, 4) is 0 Å². The van der Waals surface area contributed by atoms with Gasteiger partial charge in [-0.3, -0.25) is 4.79 Å². The van der Waals surface area contributed by atoms with Crippen LogP contribution in [-0.2, 0) is 16.8 Å². The molecule has 3 aliphatic rings. The number of aromatic nitrogens is 1. The molecule has 0 radical (unpaired) electrons. The quantitative estimate of drug-likeness (QED) is 0.748. The summed E-state index contributed by atoms with van der Waals surface area (Å²) in [6.45, 7) is 3.24. The maximum Gasteiger partial charge on any atom is 0.223 e. The van der Waals surface area contributed by atoms with Gasteiger partial charge in [-0.1, -0.05) is 19.8 Å². The van der Waals surface area contributed by atoms with Gasteiger partial charge in [-0.25, -0.2) is 0 Å². The van der Waals surface area contributed by atoms with E-state index in [1.54, 1.807) is 0 Å². The Morgan fingerprint density at radius 2 is 2.17 bits per heavy atom. The van der Waals surface area contributed by atoms with Crippen molar-refractivity contribution in [3.63, 3.8) is 0 Å². The van der Waals surface area contributed by atoms with Crippen molar-refractivity contribution in [2.75, 3.05) is 6.54 Å². The highest BCUT2D eigenvalue weighted by atomic mass is 16.2. The van der Waals surface area contributed by atoms with Gasteiger partial charge in [0.05, 0.1) is 5.54 Å². The van der Waals surface area contributed by atoms with Crippen LogP contribution in [0.4, 0.5) is 0 Å². The van der Waals surface area contributed by atoms with Crippen LogP contribution in [0.5, 0.6) is 0 Å². The molecule has 3 heterocycles. The lowest BCUT2D eigenvalue weighted by atomic mass is 9.59. The second-order valence-corrected chi connectivity index (χ2v) is 6.47. The van der Waals surface area contributed by atoms with Crippen LogP contribution < -0.4 is 0 Å². The first-order valence-corrected chi connectivity index (χ1v) is 7.15. The van der Waals surface area contributed by atoms with Gasteiger partial charge in [0.1, 0.15) is 0 Å². The molecule has 0 bridgehead atoms. The highest BCUT2D eigenvalue weighted by Crippen LogP contribution is 2.61. The standard InChI is InChI=1S/C15H20N2O/c1-14-6-2-3-7-15(14)11-4-8-16-12(11)5-9-17(15)13(18)10-14/h4,8,16H,2-3,5-7,9-10H2,1H3/t14-,15-/m0/s1. The summed E-state index contributed by atoms with van der Waals surface area (Å²) < 4.78 is 0. The minimum atomic E-state index is 0.00984. The van der Waals surface area contributed by atoms with Crippen molar-refractivity contribution in [1.29, 1.82) is 0 Å². The summed E-state index contributed by atoms with van der Waals surface area (Å²) in [6.07, 6.45) is 8.67. The molecule has 2 fully saturated rings. The number of amides is 1. The van der Waals surface area contributed by atoms with Crippen LogP contribution in [0.25, 0.3) is 0 Å². The first kappa shape index (κ1) is 10.7. The zero-order valence-corrected chi connectivity index (χ0v) is 11.0. The smallest absolute Gasteiger partial charge is 0.223 e. The summed E-state index contributed by atoms with van der Waals surface area (Å²) in [7, 11) is 0. The first-order chi connectivity index (χ1) is 8.67. The molecule has 1 spiro atoms. The van der Waals surface area contributed by atoms with E-state index in [1.807, 2.05) is 0 Å². The van der Waals surface area contributed by atoms with E-state index in [2.05, 4.69) is 29.1 Å². The van der Waals surface area contributed by atoms with E-state index in [-0.39, 0.29) is 11.0 Å². The Labute approximate surface area is 108 Å². The second kappa shape index (κ2) is 3.19. The molecule has 18 heavy (non-hydrogen) atoms. The van der Waals surface area contributed by atoms with E-state index in [0.717, 1.165) is 25.8 Å². The van der Waals surface area contributed by atoms with Crippen molar-refractivity contribution in [2.24, 2.45) is 5.41 Å². The van der Waals surface area contributed by atoms with E-state index in [4.69, 9.17) is 0 Å². The monoisotopic (exact) mass is 244 g/mol. The van der Waals surface area contributed by atoms with Crippen molar-refractivity contribution in [1.82, 2.24) is 9.88 Å². The lowest BCUT2D eigenvalue weighted by Gasteiger charge is -2.53. The van der Waals surface area contributed by atoms with Crippen LogP contribution in [0.2, 0.25) is 0 Å². The Kier molecular flexibility index (Phi) is 1.89. The van der Waals surface area contributed by atoms with Gasteiger partial charge in [0.2, 0.25) is 5.91 Å². The fraction of sp³-hybridized carbons (Fsp3) is 0.667. The Morgan fingerprint density at radius 3 is 3.06 bits per heavy atom. The van der Waals surface area contributed by atoms with Gasteiger partial charge in [-0.05, 0) is 24.5 Å². The van der Waals surface area contributed by atoms with E-state index in [0.29, 0.717) is 5.91 Å². The minimum Gasteiger partial charge on any atom is -0.365 e. The minimum absolute atomic E-state index is 0.00984. The van der Waals surface area contributed by atoms with Gasteiger partial charge in [-0.15, -0.1) is 0 Å². The largest absolute Gasteiger partial charge is 0.365 e. The number of nitrogens with one attached hydrogen (secondary N) is 1. The molecule has 2 atom stereocenters. The van der Waals surface area contributed by atoms with Gasteiger partial charge in [0, 0.05) is 36.7 Å². The summed E-state index contributed by atoms with van der Waals surface area (Å²) in [6, 6.07) is 2.23. The van der Waals surface area contributed by atoms with Gasteiger partial charge in [0.15, 0.2) is 0 Å². The van der Waals surface area contributed by atoms with Gasteiger partial charge in [0.25, 0.3) is 0 Å². The number of hydrogen-bond acceptors (Lipinski definition) is 1. The average Bonchev–Trinajstić information content (AvgIpc) is 2.89. The number of rotatable bonds is 0. The van der Waals surface area contributed by atoms with Crippen LogP contribution in [0.3, 0.4) is 0 Å². The molecule has 1 saturated carbocycles. The molecule has 4 rings (SSSR count). The molecule has 1 aromatic heterocycles. The molecule has 1 aromatic rings. The van der Waals surface area contributed by atoms with Crippen LogP contribution in [0, 0.1) is 5.41 Å². The van der Waals surface area contributed by atoms with Crippen molar-refractivity contribution >= 4 is 5.91 Å². The molecule has 96 valence electrons. The summed E-state index contributed by atoms with van der Waals surface area (Å²) in [4.78, 5) is 18.0. The summed E-state index contributed by atoms with van der Waals surface area (Å²) in [5.41, 5.74) is 2.95. The molecule has 0 unspecified atom stereocenters. The van der Waals surface area contributed by atoms with Crippen molar-refractivity contribution in [3.05, 3.63) is 23.5 Å². The summed E-state index contributed by atoms with van der Waals surface area (Å²) in [5, 5.41) is 0. The third-order valence-corrected chi connectivity index (χ3v) is 5.68. The zero-order valence-electron chi connectivity index (χ0n) is 11.0. The third kappa shape index (κ3) is 1.00. The molecule has 2 aliphatic heterocycles. The molecule has 3 nitrogen and oxygen atoms in total. The van der Waals surface area contributed by atoms with E-state index < -0.39 is 0 Å². The van der Waals surface area contributed by atoms with Gasteiger partial charge < -0.3 is 9.88 Å². The maximum atomic E-state index is 12.4. The molecule has 1 aliphatic carbocycles. The number of H-pyrrole nitrogens is 1. The van der Waals surface area contributed by atoms with E-state index in [9.17, 15) is 4.79 Å². The summed E-state index contributed by atoms with van der Waals surface area (Å²) in [5.74, 6) is 0.381. The molecule has 1 N–H and O–H groups in total. The average molecular weight is 244 g/mol. The number of fused-ring (bicyclic) bond motifs is 1. The van der Waals surface area contributed by atoms with E-state index >= 15 is 0 Å². The van der Waals surface area contributed by atoms with Crippen molar-refractivity contribution < 1.29 is 4.79 Å². The maximum absolute atomic E-state index is 12.4. The highest BCUT2D eigenvalue weighted by molar-refractivity contribution is 5.82. The Hall–Kier alpha value is -1.25. The summed E-state index contributed by atoms with van der Waals surface area (Å²) >= 11 is 0. The fourth-order valence-corrected chi connectivity index (χ4v) is 4.88. The van der Waals surface area contributed by atoms with Crippen LogP contribution in [0.15, 0.2) is 12.3 Å². The van der Waals surface area contributed by atoms with Crippen LogP contribution in [0.1, 0.15) is 50.3 Å². The highest BCUT2D eigenvalue weighted by Gasteiger charge is 2.63. The number of nitrogens with zero attached hydrogens (tertiary/aromatic N) is 1. The normalized spacial score (nSPS) is 38.3. The Balaban J connectivity index is 1.98. The molecule has 3 heteroatoms. The molecule has 0 aromatic carbocycles. The second-order valence-electron chi connectivity index (χ2n) is 6.47. The first-order valence-electron chi connectivity index (χ1n) is 7.15. The number of aromatic amines is 1. The lowest BCUT2D eigenvalue weighted by molar-refractivity contribution is -0.133. The van der Waals surface area contributed by atoms with Gasteiger partial charge >= 0.3 is 0 Å². The lowest BCUT2D eigenvalue weighted by Crippen LogP contribution is -2.55. The van der Waals surface area contributed by atoms with E-state index in [1.165, 1.54) is 30.5 Å². The fourth-order valence-electron chi connectivity index (χ4n) is 4.88. The number of carbonyl (C=O) groups excluding carboxylic acids is 1. The predicted octanol–water partition coefficient (Wildman–Crippen LogP) is 2.58. The Bertz CT molecular complexity index is 520. The molecule has 1 saturated heterocycles.